The van der Waals surface area contributed by atoms with Gasteiger partial charge in [-0.3, -0.25) is 0 Å². The molecule has 0 amide bonds. The first-order chi connectivity index (χ1) is 11.4. The molecule has 2 aromatic heterocycles. The van der Waals surface area contributed by atoms with Crippen LogP contribution in [-0.4, -0.2) is 26.5 Å². The molecule has 0 aliphatic heterocycles. The van der Waals surface area contributed by atoms with Gasteiger partial charge in [0.05, 0.1) is 5.52 Å². The first kappa shape index (κ1) is 15.9. The van der Waals surface area contributed by atoms with Crippen LogP contribution < -0.4 is 11.1 Å². The highest BCUT2D eigenvalue weighted by Gasteiger charge is 2.32. The molecule has 3 N–H and O–H groups in total. The van der Waals surface area contributed by atoms with E-state index in [1.807, 2.05) is 18.2 Å². The summed E-state index contributed by atoms with van der Waals surface area (Å²) in [5.41, 5.74) is 5.59. The molecule has 1 aromatic carbocycles. The van der Waals surface area contributed by atoms with Gasteiger partial charge in [0.2, 0.25) is 5.95 Å². The monoisotopic (exact) mass is 334 g/mol. The molecular formula is C15H13F3N6. The van der Waals surface area contributed by atoms with Crippen LogP contribution in [-0.2, 0) is 12.6 Å². The van der Waals surface area contributed by atoms with E-state index < -0.39 is 11.9 Å². The van der Waals surface area contributed by atoms with Crippen LogP contribution >= 0.6 is 0 Å². The van der Waals surface area contributed by atoms with Crippen LogP contribution in [0.25, 0.3) is 10.9 Å². The lowest BCUT2D eigenvalue weighted by molar-refractivity contribution is -0.141. The minimum atomic E-state index is -4.49. The predicted octanol–water partition coefficient (Wildman–Crippen LogP) is 2.68. The fourth-order valence-corrected chi connectivity index (χ4v) is 2.14. The molecule has 0 saturated carbocycles. The highest BCUT2D eigenvalue weighted by Crippen LogP contribution is 2.27. The fourth-order valence-electron chi connectivity index (χ4n) is 2.14. The number of nitrogens with two attached hydrogens (primary N) is 1. The average molecular weight is 334 g/mol. The van der Waals surface area contributed by atoms with Gasteiger partial charge in [-0.15, -0.1) is 0 Å². The maximum absolute atomic E-state index is 12.6. The number of rotatable bonds is 4. The Labute approximate surface area is 135 Å². The zero-order valence-electron chi connectivity index (χ0n) is 12.4. The van der Waals surface area contributed by atoms with Gasteiger partial charge in [0.15, 0.2) is 0 Å². The second-order valence-electron chi connectivity index (χ2n) is 4.98. The van der Waals surface area contributed by atoms with Gasteiger partial charge in [-0.25, -0.2) is 15.0 Å². The van der Waals surface area contributed by atoms with Gasteiger partial charge >= 0.3 is 6.18 Å². The smallest absolute Gasteiger partial charge is 0.383 e. The minimum Gasteiger partial charge on any atom is -0.383 e. The number of alkyl halides is 3. The van der Waals surface area contributed by atoms with Gasteiger partial charge < -0.3 is 11.1 Å². The molecule has 124 valence electrons. The van der Waals surface area contributed by atoms with Crippen molar-refractivity contribution in [2.75, 3.05) is 17.6 Å². The lowest BCUT2D eigenvalue weighted by atomic mass is 10.2. The van der Waals surface area contributed by atoms with Crippen LogP contribution in [0, 0.1) is 0 Å². The second kappa shape index (κ2) is 6.26. The van der Waals surface area contributed by atoms with Crippen molar-refractivity contribution in [3.63, 3.8) is 0 Å². The molecule has 0 aliphatic carbocycles. The molecule has 2 heterocycles. The summed E-state index contributed by atoms with van der Waals surface area (Å²) in [7, 11) is 0. The lowest BCUT2D eigenvalue weighted by Gasteiger charge is -2.09. The zero-order valence-corrected chi connectivity index (χ0v) is 12.4. The summed E-state index contributed by atoms with van der Waals surface area (Å²) in [6.45, 7) is 0.277. The molecule has 9 heteroatoms. The number of hydrogen-bond acceptors (Lipinski definition) is 6. The Balaban J connectivity index is 1.69. The molecule has 0 bridgehead atoms. The van der Waals surface area contributed by atoms with Crippen molar-refractivity contribution in [2.24, 2.45) is 0 Å². The third-order valence-electron chi connectivity index (χ3n) is 3.26. The number of benzene rings is 1. The molecule has 24 heavy (non-hydrogen) atoms. The van der Waals surface area contributed by atoms with Crippen LogP contribution in [0.5, 0.6) is 0 Å². The number of nitrogens with one attached hydrogen (secondary N) is 1. The Morgan fingerprint density at radius 2 is 1.83 bits per heavy atom. The summed E-state index contributed by atoms with van der Waals surface area (Å²) < 4.78 is 37.8. The van der Waals surface area contributed by atoms with E-state index >= 15 is 0 Å². The second-order valence-corrected chi connectivity index (χ2v) is 4.98. The SMILES string of the molecule is Nc1nc(NCCc2nccc(C(F)(F)F)n2)nc2ccccc12. The van der Waals surface area contributed by atoms with Gasteiger partial charge in [0.1, 0.15) is 17.3 Å². The number of nitrogens with zero attached hydrogens (tertiary/aromatic N) is 4. The first-order valence-electron chi connectivity index (χ1n) is 7.09. The quantitative estimate of drug-likeness (QED) is 0.762. The summed E-state index contributed by atoms with van der Waals surface area (Å²) in [6.07, 6.45) is -3.20. The average Bonchev–Trinajstić information content (AvgIpc) is 2.54. The van der Waals surface area contributed by atoms with E-state index in [0.29, 0.717) is 17.3 Å². The predicted molar refractivity (Wildman–Crippen MR) is 83.2 cm³/mol. The normalized spacial score (nSPS) is 11.6. The Bertz CT molecular complexity index is 865. The maximum atomic E-state index is 12.6. The Morgan fingerprint density at radius 1 is 1.04 bits per heavy atom. The van der Waals surface area contributed by atoms with Gasteiger partial charge in [0.25, 0.3) is 0 Å². The largest absolute Gasteiger partial charge is 0.433 e. The maximum Gasteiger partial charge on any atom is 0.433 e. The molecule has 0 unspecified atom stereocenters. The first-order valence-corrected chi connectivity index (χ1v) is 7.09. The summed E-state index contributed by atoms with van der Waals surface area (Å²) in [5.74, 6) is 0.725. The van der Waals surface area contributed by atoms with Crippen molar-refractivity contribution in [3.8, 4) is 0 Å². The molecule has 0 spiro atoms. The van der Waals surface area contributed by atoms with E-state index in [1.54, 1.807) is 6.07 Å². The molecular weight excluding hydrogens is 321 g/mol. The summed E-state index contributed by atoms with van der Waals surface area (Å²) in [6, 6.07) is 8.11. The molecule has 0 atom stereocenters. The van der Waals surface area contributed by atoms with Crippen LogP contribution in [0.15, 0.2) is 36.5 Å². The molecule has 0 aliphatic rings. The van der Waals surface area contributed by atoms with Crippen LogP contribution in [0.3, 0.4) is 0 Å². The van der Waals surface area contributed by atoms with E-state index in [2.05, 4.69) is 25.3 Å². The Kier molecular flexibility index (Phi) is 4.15. The molecule has 3 aromatic rings. The van der Waals surface area contributed by atoms with Crippen LogP contribution in [0.1, 0.15) is 11.5 Å². The Morgan fingerprint density at radius 3 is 2.62 bits per heavy atom. The van der Waals surface area contributed by atoms with Crippen molar-refractivity contribution in [1.29, 1.82) is 0 Å². The van der Waals surface area contributed by atoms with Crippen molar-refractivity contribution in [2.45, 2.75) is 12.6 Å². The molecule has 0 saturated heterocycles. The highest BCUT2D eigenvalue weighted by atomic mass is 19.4. The van der Waals surface area contributed by atoms with E-state index in [4.69, 9.17) is 5.73 Å². The third-order valence-corrected chi connectivity index (χ3v) is 3.26. The third kappa shape index (κ3) is 3.50. The number of nitrogen functional groups attached to an aromatic ring is 1. The zero-order chi connectivity index (χ0) is 17.2. The fraction of sp³-hybridized carbons (Fsp3) is 0.200. The lowest BCUT2D eigenvalue weighted by Crippen LogP contribution is -2.14. The van der Waals surface area contributed by atoms with Crippen LogP contribution in [0.4, 0.5) is 24.9 Å². The topological polar surface area (TPSA) is 89.6 Å². The van der Waals surface area contributed by atoms with Crippen molar-refractivity contribution in [1.82, 2.24) is 19.9 Å². The van der Waals surface area contributed by atoms with Gasteiger partial charge in [0, 0.05) is 24.5 Å². The Hall–Kier alpha value is -2.97. The molecule has 3 rings (SSSR count). The van der Waals surface area contributed by atoms with Gasteiger partial charge in [-0.2, -0.15) is 18.2 Å². The molecule has 6 nitrogen and oxygen atoms in total. The van der Waals surface area contributed by atoms with Crippen LogP contribution in [0.2, 0.25) is 0 Å². The molecule has 0 radical (unpaired) electrons. The van der Waals surface area contributed by atoms with Crippen molar-refractivity contribution < 1.29 is 13.2 Å². The highest BCUT2D eigenvalue weighted by molar-refractivity contribution is 5.88. The number of anilines is 2. The van der Waals surface area contributed by atoms with E-state index in [1.165, 1.54) is 0 Å². The van der Waals surface area contributed by atoms with E-state index in [0.717, 1.165) is 17.6 Å². The number of aromatic nitrogens is 4. The number of hydrogen-bond donors (Lipinski definition) is 2. The number of para-hydroxylation sites is 1. The summed E-state index contributed by atoms with van der Waals surface area (Å²) in [4.78, 5) is 15.8. The van der Waals surface area contributed by atoms with E-state index in [9.17, 15) is 13.2 Å². The number of fused-ring (bicyclic) bond motifs is 1. The van der Waals surface area contributed by atoms with Crippen molar-refractivity contribution in [3.05, 3.63) is 48.0 Å². The summed E-state index contributed by atoms with van der Waals surface area (Å²) in [5, 5.41) is 3.66. The summed E-state index contributed by atoms with van der Waals surface area (Å²) >= 11 is 0. The standard InChI is InChI=1S/C15H13F3N6/c16-15(17,18)11-5-7-20-12(23-11)6-8-21-14-22-10-4-2-1-3-9(10)13(19)24-14/h1-5,7H,6,8H2,(H3,19,21,22,24). The number of halogens is 3. The minimum absolute atomic E-state index is 0.0890. The van der Waals surface area contributed by atoms with Gasteiger partial charge in [-0.1, -0.05) is 12.1 Å². The van der Waals surface area contributed by atoms with Crippen molar-refractivity contribution >= 4 is 22.7 Å². The molecule has 0 fully saturated rings. The van der Waals surface area contributed by atoms with Gasteiger partial charge in [-0.05, 0) is 18.2 Å². The van der Waals surface area contributed by atoms with E-state index in [-0.39, 0.29) is 18.8 Å².